The zero-order valence-electron chi connectivity index (χ0n) is 13.1. The molecule has 0 saturated carbocycles. The van der Waals surface area contributed by atoms with E-state index in [1.165, 1.54) is 16.0 Å². The fraction of sp³-hybridized carbons (Fsp3) is 0.250. The number of carbonyl (C=O) groups excluding carboxylic acids is 1. The molecule has 0 bridgehead atoms. The number of nitrogens with one attached hydrogen (secondary N) is 1. The Bertz CT molecular complexity index is 778. The number of thioether (sulfide) groups is 1. The summed E-state index contributed by atoms with van der Waals surface area (Å²) in [5.74, 6) is 0.268. The molecule has 1 heterocycles. The summed E-state index contributed by atoms with van der Waals surface area (Å²) in [7, 11) is 0. The molecule has 2 atom stereocenters. The van der Waals surface area contributed by atoms with E-state index in [1.807, 2.05) is 6.07 Å². The molecule has 3 heteroatoms. The molecular weight excluding hydrogens is 302 g/mol. The molecule has 0 amide bonds. The minimum atomic E-state index is -0.0798. The summed E-state index contributed by atoms with van der Waals surface area (Å²) >= 11 is 1.80. The second kappa shape index (κ2) is 5.89. The number of hydrogen-bond donors (Lipinski definition) is 1. The summed E-state index contributed by atoms with van der Waals surface area (Å²) < 4.78 is 0. The zero-order chi connectivity index (χ0) is 15.8. The lowest BCUT2D eigenvalue weighted by molar-refractivity contribution is -0.122. The Morgan fingerprint density at radius 2 is 1.87 bits per heavy atom. The number of hydrogen-bond acceptors (Lipinski definition) is 3. The number of carbonyl (C=O) groups is 1. The molecule has 2 nitrogen and oxygen atoms in total. The maximum Gasteiger partial charge on any atom is 0.143 e. The number of rotatable bonds is 1. The normalized spacial score (nSPS) is 23.2. The van der Waals surface area contributed by atoms with Gasteiger partial charge in [-0.15, -0.1) is 11.8 Å². The molecule has 23 heavy (non-hydrogen) atoms. The van der Waals surface area contributed by atoms with E-state index >= 15 is 0 Å². The van der Waals surface area contributed by atoms with E-state index in [0.29, 0.717) is 12.2 Å². The highest BCUT2D eigenvalue weighted by molar-refractivity contribution is 7.99. The zero-order valence-corrected chi connectivity index (χ0v) is 13.9. The number of aryl methyl sites for hydroxylation is 1. The summed E-state index contributed by atoms with van der Waals surface area (Å²) in [5.41, 5.74) is 4.66. The third-order valence-corrected chi connectivity index (χ3v) is 5.97. The predicted molar refractivity (Wildman–Crippen MR) is 95.7 cm³/mol. The van der Waals surface area contributed by atoms with E-state index in [2.05, 4.69) is 60.8 Å². The minimum absolute atomic E-state index is 0.0798. The maximum atomic E-state index is 12.7. The molecule has 1 N–H and O–H groups in total. The van der Waals surface area contributed by atoms with E-state index in [0.717, 1.165) is 17.8 Å². The van der Waals surface area contributed by atoms with Crippen molar-refractivity contribution in [2.24, 2.45) is 5.92 Å². The maximum absolute atomic E-state index is 12.7. The first kappa shape index (κ1) is 14.6. The second-order valence-corrected chi connectivity index (χ2v) is 7.40. The van der Waals surface area contributed by atoms with Gasteiger partial charge in [0.05, 0.1) is 11.6 Å². The molecule has 0 unspecified atom stereocenters. The Labute approximate surface area is 141 Å². The van der Waals surface area contributed by atoms with Crippen molar-refractivity contribution in [3.05, 3.63) is 71.4 Å². The van der Waals surface area contributed by atoms with E-state index in [9.17, 15) is 4.79 Å². The van der Waals surface area contributed by atoms with E-state index in [4.69, 9.17) is 0 Å². The standard InChI is InChI=1S/C20H19NOS/c1-13-9-11-14(12-10-13)20-19-16(6-4-7-17(19)22)21-15-5-2-3-8-18(15)23-20/h2-3,5-6,8-12,19-21H,4,7H2,1H3/t19-,20+/m1/s1. The van der Waals surface area contributed by atoms with E-state index in [1.54, 1.807) is 11.8 Å². The first-order valence-corrected chi connectivity index (χ1v) is 8.92. The van der Waals surface area contributed by atoms with Crippen molar-refractivity contribution in [1.29, 1.82) is 0 Å². The molecule has 0 spiro atoms. The fourth-order valence-corrected chi connectivity index (χ4v) is 4.74. The van der Waals surface area contributed by atoms with Crippen molar-refractivity contribution in [3.63, 3.8) is 0 Å². The monoisotopic (exact) mass is 321 g/mol. The van der Waals surface area contributed by atoms with Crippen LogP contribution in [0.5, 0.6) is 0 Å². The predicted octanol–water partition coefficient (Wildman–Crippen LogP) is 5.12. The Morgan fingerprint density at radius 3 is 2.70 bits per heavy atom. The number of para-hydroxylation sites is 1. The van der Waals surface area contributed by atoms with Gasteiger partial charge in [0.2, 0.25) is 0 Å². The first-order chi connectivity index (χ1) is 11.2. The van der Waals surface area contributed by atoms with Crippen molar-refractivity contribution >= 4 is 23.2 Å². The van der Waals surface area contributed by atoms with Gasteiger partial charge < -0.3 is 5.32 Å². The minimum Gasteiger partial charge on any atom is -0.358 e. The Morgan fingerprint density at radius 1 is 1.09 bits per heavy atom. The highest BCUT2D eigenvalue weighted by Crippen LogP contribution is 2.50. The van der Waals surface area contributed by atoms with Gasteiger partial charge in [0, 0.05) is 22.3 Å². The lowest BCUT2D eigenvalue weighted by atomic mass is 9.85. The van der Waals surface area contributed by atoms with Gasteiger partial charge in [0.1, 0.15) is 5.78 Å². The molecule has 2 aromatic carbocycles. The van der Waals surface area contributed by atoms with Gasteiger partial charge in [-0.3, -0.25) is 4.79 Å². The van der Waals surface area contributed by atoms with Gasteiger partial charge >= 0.3 is 0 Å². The number of anilines is 1. The molecule has 2 aliphatic rings. The van der Waals surface area contributed by atoms with Crippen LogP contribution in [0, 0.1) is 12.8 Å². The quantitative estimate of drug-likeness (QED) is 0.790. The van der Waals surface area contributed by atoms with Crippen LogP contribution in [0.15, 0.2) is 65.2 Å². The van der Waals surface area contributed by atoms with E-state index in [-0.39, 0.29) is 11.2 Å². The van der Waals surface area contributed by atoms with Gasteiger partial charge in [-0.25, -0.2) is 0 Å². The molecule has 4 rings (SSSR count). The summed E-state index contributed by atoms with van der Waals surface area (Å²) in [5, 5.41) is 3.65. The highest BCUT2D eigenvalue weighted by Gasteiger charge is 2.37. The van der Waals surface area contributed by atoms with Crippen LogP contribution < -0.4 is 5.32 Å². The van der Waals surface area contributed by atoms with Crippen molar-refractivity contribution in [2.45, 2.75) is 29.9 Å². The van der Waals surface area contributed by atoms with Crippen LogP contribution in [0.4, 0.5) is 5.69 Å². The highest BCUT2D eigenvalue weighted by atomic mass is 32.2. The van der Waals surface area contributed by atoms with Crippen LogP contribution in [0.2, 0.25) is 0 Å². The van der Waals surface area contributed by atoms with Gasteiger partial charge in [-0.05, 0) is 31.0 Å². The first-order valence-electron chi connectivity index (χ1n) is 8.04. The Hall–Kier alpha value is -2.00. The topological polar surface area (TPSA) is 29.1 Å². The van der Waals surface area contributed by atoms with Crippen molar-refractivity contribution in [2.75, 3.05) is 5.32 Å². The molecule has 1 aliphatic carbocycles. The molecule has 2 aromatic rings. The average Bonchev–Trinajstić information content (AvgIpc) is 2.73. The van der Waals surface area contributed by atoms with Crippen LogP contribution in [-0.4, -0.2) is 5.78 Å². The van der Waals surface area contributed by atoms with Crippen LogP contribution in [-0.2, 0) is 4.79 Å². The smallest absolute Gasteiger partial charge is 0.143 e. The molecule has 0 radical (unpaired) electrons. The third-order valence-electron chi connectivity index (χ3n) is 4.57. The third kappa shape index (κ3) is 2.70. The molecular formula is C20H19NOS. The summed E-state index contributed by atoms with van der Waals surface area (Å²) in [4.78, 5) is 13.9. The second-order valence-electron chi connectivity index (χ2n) is 6.21. The Kier molecular flexibility index (Phi) is 3.74. The molecule has 116 valence electrons. The number of ketones is 1. The Balaban J connectivity index is 1.84. The van der Waals surface area contributed by atoms with Gasteiger partial charge in [-0.1, -0.05) is 48.0 Å². The molecule has 0 aromatic heterocycles. The van der Waals surface area contributed by atoms with Crippen molar-refractivity contribution in [3.8, 4) is 0 Å². The van der Waals surface area contributed by atoms with Crippen LogP contribution in [0.25, 0.3) is 0 Å². The lowest BCUT2D eigenvalue weighted by Crippen LogP contribution is -2.27. The average molecular weight is 321 g/mol. The van der Waals surface area contributed by atoms with Crippen molar-refractivity contribution < 1.29 is 4.79 Å². The fourth-order valence-electron chi connectivity index (χ4n) is 3.34. The summed E-state index contributed by atoms with van der Waals surface area (Å²) in [6.45, 7) is 2.10. The van der Waals surface area contributed by atoms with Gasteiger partial charge in [0.25, 0.3) is 0 Å². The number of benzene rings is 2. The van der Waals surface area contributed by atoms with Gasteiger partial charge in [0.15, 0.2) is 0 Å². The van der Waals surface area contributed by atoms with Gasteiger partial charge in [-0.2, -0.15) is 0 Å². The number of allylic oxidation sites excluding steroid dienone is 2. The largest absolute Gasteiger partial charge is 0.358 e. The van der Waals surface area contributed by atoms with Crippen molar-refractivity contribution in [1.82, 2.24) is 0 Å². The molecule has 0 saturated heterocycles. The number of Topliss-reactive ketones (excluding diaryl/α,β-unsaturated/α-hetero) is 1. The van der Waals surface area contributed by atoms with E-state index < -0.39 is 0 Å². The molecule has 1 aliphatic heterocycles. The lowest BCUT2D eigenvalue weighted by Gasteiger charge is -2.28. The van der Waals surface area contributed by atoms with Crippen LogP contribution in [0.1, 0.15) is 29.2 Å². The summed E-state index contributed by atoms with van der Waals surface area (Å²) in [6, 6.07) is 16.9. The molecule has 0 fully saturated rings. The van der Waals surface area contributed by atoms with Crippen LogP contribution >= 0.6 is 11.8 Å². The SMILES string of the molecule is Cc1ccc([C@@H]2Sc3ccccc3NC3=CCCC(=O)[C@@H]32)cc1. The summed E-state index contributed by atoms with van der Waals surface area (Å²) in [6.07, 6.45) is 3.69. The van der Waals surface area contributed by atoms with Crippen LogP contribution in [0.3, 0.4) is 0 Å². The number of fused-ring (bicyclic) bond motifs is 2.